The largest absolute Gasteiger partial charge is 0.497 e. The summed E-state index contributed by atoms with van der Waals surface area (Å²) < 4.78 is 10.9. The van der Waals surface area contributed by atoms with E-state index in [0.717, 1.165) is 33.7 Å². The number of rotatable bonds is 9. The van der Waals surface area contributed by atoms with Crippen LogP contribution in [0.1, 0.15) is 29.9 Å². The topological polar surface area (TPSA) is 88.3 Å². The van der Waals surface area contributed by atoms with Crippen LogP contribution in [-0.2, 0) is 13.0 Å². The molecule has 0 radical (unpaired) electrons. The second-order valence-electron chi connectivity index (χ2n) is 7.61. The number of benzene rings is 3. The molecule has 8 heteroatoms. The van der Waals surface area contributed by atoms with Crippen molar-refractivity contribution in [3.63, 3.8) is 0 Å². The number of aromatic nitrogens is 2. The van der Waals surface area contributed by atoms with Gasteiger partial charge in [0.25, 0.3) is 0 Å². The number of H-pyrrole nitrogens is 1. The Kier molecular flexibility index (Phi) is 8.76. The number of ether oxygens (including phenoxy) is 2. The number of amides is 2. The van der Waals surface area contributed by atoms with Gasteiger partial charge in [0.2, 0.25) is 0 Å². The van der Waals surface area contributed by atoms with Gasteiger partial charge in [-0.15, -0.1) is 12.4 Å². The first-order chi connectivity index (χ1) is 16.2. The molecule has 34 heavy (non-hydrogen) atoms. The molecule has 0 aliphatic rings. The maximum Gasteiger partial charge on any atom is 0.315 e. The molecule has 178 valence electrons. The summed E-state index contributed by atoms with van der Waals surface area (Å²) in [4.78, 5) is 20.9. The Hall–Kier alpha value is -3.71. The molecule has 0 saturated heterocycles. The third-order valence-electron chi connectivity index (χ3n) is 5.35. The summed E-state index contributed by atoms with van der Waals surface area (Å²) in [5.74, 6) is 2.27. The van der Waals surface area contributed by atoms with Crippen LogP contribution in [0, 0.1) is 0 Å². The Morgan fingerprint density at radius 2 is 1.76 bits per heavy atom. The maximum atomic E-state index is 12.9. The fourth-order valence-electron chi connectivity index (χ4n) is 3.68. The summed E-state index contributed by atoms with van der Waals surface area (Å²) in [5, 5.41) is 6.02. The molecule has 4 aromatic rings. The first-order valence-corrected chi connectivity index (χ1v) is 11.0. The van der Waals surface area contributed by atoms with Crippen LogP contribution in [0.4, 0.5) is 4.79 Å². The van der Waals surface area contributed by atoms with E-state index in [1.807, 2.05) is 79.7 Å². The van der Waals surface area contributed by atoms with Gasteiger partial charge in [-0.3, -0.25) is 0 Å². The SMILES string of the molecule is CCOc1ccccc1CNC(=O)NC(Cc1ccc(OC)cc1)c1nc2ccccc2[nH]1.Cl. The van der Waals surface area contributed by atoms with Crippen molar-refractivity contribution in [3.05, 3.63) is 89.7 Å². The zero-order chi connectivity index (χ0) is 23.0. The van der Waals surface area contributed by atoms with Gasteiger partial charge >= 0.3 is 6.03 Å². The Bertz CT molecular complexity index is 1180. The van der Waals surface area contributed by atoms with E-state index in [1.165, 1.54) is 0 Å². The van der Waals surface area contributed by atoms with E-state index in [1.54, 1.807) is 7.11 Å². The molecule has 0 saturated carbocycles. The van der Waals surface area contributed by atoms with Gasteiger partial charge in [-0.2, -0.15) is 0 Å². The molecule has 4 rings (SSSR count). The lowest BCUT2D eigenvalue weighted by Gasteiger charge is -2.18. The number of nitrogens with one attached hydrogen (secondary N) is 3. The lowest BCUT2D eigenvalue weighted by Crippen LogP contribution is -2.38. The molecule has 0 spiro atoms. The lowest BCUT2D eigenvalue weighted by molar-refractivity contribution is 0.236. The number of imidazole rings is 1. The molecule has 1 atom stereocenters. The van der Waals surface area contributed by atoms with E-state index in [2.05, 4.69) is 15.6 Å². The van der Waals surface area contributed by atoms with E-state index in [-0.39, 0.29) is 24.5 Å². The number of hydrogen-bond donors (Lipinski definition) is 3. The number of fused-ring (bicyclic) bond motifs is 1. The second-order valence-corrected chi connectivity index (χ2v) is 7.61. The highest BCUT2D eigenvalue weighted by molar-refractivity contribution is 5.85. The number of aromatic amines is 1. The predicted molar refractivity (Wildman–Crippen MR) is 136 cm³/mol. The third-order valence-corrected chi connectivity index (χ3v) is 5.35. The van der Waals surface area contributed by atoms with Crippen LogP contribution < -0.4 is 20.1 Å². The van der Waals surface area contributed by atoms with Crippen LogP contribution in [0.5, 0.6) is 11.5 Å². The van der Waals surface area contributed by atoms with E-state index >= 15 is 0 Å². The third kappa shape index (κ3) is 6.20. The highest BCUT2D eigenvalue weighted by Gasteiger charge is 2.19. The van der Waals surface area contributed by atoms with Gasteiger partial charge in [0, 0.05) is 12.1 Å². The number of para-hydroxylation sites is 3. The van der Waals surface area contributed by atoms with Crippen LogP contribution in [0.15, 0.2) is 72.8 Å². The quantitative estimate of drug-likeness (QED) is 0.308. The van der Waals surface area contributed by atoms with Crippen LogP contribution >= 0.6 is 12.4 Å². The average Bonchev–Trinajstić information content (AvgIpc) is 3.28. The second kappa shape index (κ2) is 12.0. The van der Waals surface area contributed by atoms with Crippen molar-refractivity contribution < 1.29 is 14.3 Å². The molecule has 0 aliphatic carbocycles. The van der Waals surface area contributed by atoms with Gasteiger partial charge in [-0.1, -0.05) is 42.5 Å². The van der Waals surface area contributed by atoms with E-state index in [9.17, 15) is 4.79 Å². The van der Waals surface area contributed by atoms with Crippen molar-refractivity contribution in [3.8, 4) is 11.5 Å². The average molecular weight is 481 g/mol. The molecule has 0 aliphatic heterocycles. The summed E-state index contributed by atoms with van der Waals surface area (Å²) in [6, 6.07) is 22.7. The highest BCUT2D eigenvalue weighted by atomic mass is 35.5. The number of halogens is 1. The van der Waals surface area contributed by atoms with E-state index in [0.29, 0.717) is 25.4 Å². The Labute approximate surface area is 205 Å². The number of carbonyl (C=O) groups excluding carboxylic acids is 1. The fraction of sp³-hybridized carbons (Fsp3) is 0.231. The lowest BCUT2D eigenvalue weighted by atomic mass is 10.1. The number of hydrogen-bond acceptors (Lipinski definition) is 4. The summed E-state index contributed by atoms with van der Waals surface area (Å²) >= 11 is 0. The number of nitrogens with zero attached hydrogens (tertiary/aromatic N) is 1. The van der Waals surface area contributed by atoms with Gasteiger partial charge < -0.3 is 25.1 Å². The van der Waals surface area contributed by atoms with Gasteiger partial charge in [-0.05, 0) is 49.2 Å². The Balaban J connectivity index is 0.00000324. The summed E-state index contributed by atoms with van der Waals surface area (Å²) in [6.45, 7) is 2.87. The molecule has 3 N–H and O–H groups in total. The molecule has 3 aromatic carbocycles. The highest BCUT2D eigenvalue weighted by Crippen LogP contribution is 2.22. The zero-order valence-electron chi connectivity index (χ0n) is 19.2. The molecule has 1 heterocycles. The van der Waals surface area contributed by atoms with Gasteiger partial charge in [0.1, 0.15) is 17.3 Å². The number of urea groups is 1. The van der Waals surface area contributed by atoms with Crippen LogP contribution in [0.2, 0.25) is 0 Å². The fourth-order valence-corrected chi connectivity index (χ4v) is 3.68. The minimum atomic E-state index is -0.340. The Morgan fingerprint density at radius 3 is 2.50 bits per heavy atom. The molecule has 0 bridgehead atoms. The van der Waals surface area contributed by atoms with Crippen LogP contribution in [-0.4, -0.2) is 29.7 Å². The first kappa shape index (κ1) is 24.9. The van der Waals surface area contributed by atoms with E-state index < -0.39 is 0 Å². The minimum Gasteiger partial charge on any atom is -0.497 e. The molecule has 1 aromatic heterocycles. The summed E-state index contributed by atoms with van der Waals surface area (Å²) in [6.07, 6.45) is 0.576. The van der Waals surface area contributed by atoms with Crippen molar-refractivity contribution in [1.82, 2.24) is 20.6 Å². The molecule has 2 amide bonds. The van der Waals surface area contributed by atoms with Gasteiger partial charge in [0.05, 0.1) is 30.8 Å². The molecule has 7 nitrogen and oxygen atoms in total. The minimum absolute atomic E-state index is 0. The first-order valence-electron chi connectivity index (χ1n) is 11.0. The standard InChI is InChI=1S/C26H28N4O3.ClH/c1-3-33-24-11-7-4-8-19(24)17-27-26(31)30-23(16-18-12-14-20(32-2)15-13-18)25-28-21-9-5-6-10-22(21)29-25;/h4-15,23H,3,16-17H2,1-2H3,(H,28,29)(H2,27,30,31);1H. The van der Waals surface area contributed by atoms with Gasteiger partial charge in [-0.25, -0.2) is 9.78 Å². The van der Waals surface area contributed by atoms with Crippen molar-refractivity contribution in [2.45, 2.75) is 25.9 Å². The predicted octanol–water partition coefficient (Wildman–Crippen LogP) is 5.18. The normalized spacial score (nSPS) is 11.4. The number of methoxy groups -OCH3 is 1. The van der Waals surface area contributed by atoms with Crippen molar-refractivity contribution in [2.75, 3.05) is 13.7 Å². The monoisotopic (exact) mass is 480 g/mol. The smallest absolute Gasteiger partial charge is 0.315 e. The van der Waals surface area contributed by atoms with Crippen LogP contribution in [0.3, 0.4) is 0 Å². The van der Waals surface area contributed by atoms with E-state index in [4.69, 9.17) is 14.5 Å². The molecular weight excluding hydrogens is 452 g/mol. The van der Waals surface area contributed by atoms with Crippen molar-refractivity contribution >= 4 is 29.5 Å². The maximum absolute atomic E-state index is 12.9. The van der Waals surface area contributed by atoms with Crippen molar-refractivity contribution in [2.24, 2.45) is 0 Å². The number of carbonyl (C=O) groups is 1. The molecule has 0 fully saturated rings. The van der Waals surface area contributed by atoms with Crippen molar-refractivity contribution in [1.29, 1.82) is 0 Å². The van der Waals surface area contributed by atoms with Crippen LogP contribution in [0.25, 0.3) is 11.0 Å². The zero-order valence-corrected chi connectivity index (χ0v) is 20.0. The molecular formula is C26H29ClN4O3. The molecule has 1 unspecified atom stereocenters. The summed E-state index contributed by atoms with van der Waals surface area (Å²) in [7, 11) is 1.64. The summed E-state index contributed by atoms with van der Waals surface area (Å²) in [5.41, 5.74) is 3.77. The Morgan fingerprint density at radius 1 is 1.03 bits per heavy atom. The van der Waals surface area contributed by atoms with Gasteiger partial charge in [0.15, 0.2) is 0 Å².